The van der Waals surface area contributed by atoms with E-state index in [2.05, 4.69) is 104 Å². The fraction of sp³-hybridized carbons (Fsp3) is 0.133. The van der Waals surface area contributed by atoms with E-state index in [4.69, 9.17) is 9.73 Å². The molecule has 0 amide bonds. The molecule has 38 heavy (non-hydrogen) atoms. The van der Waals surface area contributed by atoms with E-state index in [-0.39, 0.29) is 11.6 Å². The Morgan fingerprint density at radius 2 is 1.84 bits per heavy atom. The van der Waals surface area contributed by atoms with Gasteiger partial charge in [-0.05, 0) is 111 Å². The van der Waals surface area contributed by atoms with E-state index in [0.29, 0.717) is 11.1 Å². The van der Waals surface area contributed by atoms with Crippen LogP contribution in [-0.2, 0) is 6.42 Å². The van der Waals surface area contributed by atoms with Crippen molar-refractivity contribution >= 4 is 84.2 Å². The van der Waals surface area contributed by atoms with Crippen LogP contribution in [-0.4, -0.2) is 11.2 Å². The lowest BCUT2D eigenvalue weighted by molar-refractivity contribution is 0.358. The van der Waals surface area contributed by atoms with Crippen LogP contribution >= 0.6 is 72.4 Å². The summed E-state index contributed by atoms with van der Waals surface area (Å²) < 4.78 is 11.4. The lowest BCUT2D eigenvalue weighted by Crippen LogP contribution is -2.38. The molecule has 0 saturated heterocycles. The summed E-state index contributed by atoms with van der Waals surface area (Å²) in [7, 11) is 0. The molecular formula is C30H21BrI2N2O2S. The largest absolute Gasteiger partial charge is 0.487 e. The first-order chi connectivity index (χ1) is 18.4. The standard InChI is InChI=1S/C30H21BrI2N2O2S/c1-2-13-37-28-23(32)14-17(15-24(28)33)16-25-29(36)35-27(19-7-10-20(31)11-8-19)22-12-9-18-5-3-4-6-21(18)26(22)34-30(35)38-25/h2-8,10-11,14-16,27H,1,9,12-13H2/b25-16-/t27-/m1/s1. The van der Waals surface area contributed by atoms with Gasteiger partial charge in [0.1, 0.15) is 12.4 Å². The Labute approximate surface area is 259 Å². The number of nitrogens with zero attached hydrogens (tertiary/aromatic N) is 2. The number of aromatic nitrogens is 1. The van der Waals surface area contributed by atoms with E-state index in [9.17, 15) is 4.79 Å². The van der Waals surface area contributed by atoms with Gasteiger partial charge in [0.15, 0.2) is 4.80 Å². The van der Waals surface area contributed by atoms with Crippen molar-refractivity contribution in [2.45, 2.75) is 18.9 Å². The first-order valence-corrected chi connectivity index (χ1v) is 15.8. The number of hydrogen-bond donors (Lipinski definition) is 0. The van der Waals surface area contributed by atoms with Crippen molar-refractivity contribution in [3.63, 3.8) is 0 Å². The maximum Gasteiger partial charge on any atom is 0.271 e. The molecule has 8 heteroatoms. The van der Waals surface area contributed by atoms with E-state index in [1.807, 2.05) is 34.9 Å². The summed E-state index contributed by atoms with van der Waals surface area (Å²) in [6, 6.07) is 20.7. The topological polar surface area (TPSA) is 43.6 Å². The highest BCUT2D eigenvalue weighted by atomic mass is 127. The van der Waals surface area contributed by atoms with Gasteiger partial charge in [-0.15, -0.1) is 0 Å². The summed E-state index contributed by atoms with van der Waals surface area (Å²) in [5.74, 6) is 0.839. The Morgan fingerprint density at radius 3 is 2.58 bits per heavy atom. The van der Waals surface area contributed by atoms with Gasteiger partial charge in [-0.25, -0.2) is 4.99 Å². The molecular weight excluding hydrogens is 786 g/mol. The van der Waals surface area contributed by atoms with E-state index < -0.39 is 0 Å². The summed E-state index contributed by atoms with van der Waals surface area (Å²) in [6.07, 6.45) is 5.53. The number of fused-ring (bicyclic) bond motifs is 3. The predicted molar refractivity (Wildman–Crippen MR) is 174 cm³/mol. The van der Waals surface area contributed by atoms with Crippen molar-refractivity contribution in [2.75, 3.05) is 6.61 Å². The third-order valence-electron chi connectivity index (χ3n) is 6.72. The molecule has 0 bridgehead atoms. The molecule has 1 aromatic heterocycles. The fourth-order valence-electron chi connectivity index (χ4n) is 5.06. The van der Waals surface area contributed by atoms with Crippen molar-refractivity contribution in [3.05, 3.63) is 132 Å². The molecule has 4 nitrogen and oxygen atoms in total. The van der Waals surface area contributed by atoms with Gasteiger partial charge in [0, 0.05) is 10.0 Å². The van der Waals surface area contributed by atoms with Crippen molar-refractivity contribution in [1.82, 2.24) is 4.57 Å². The van der Waals surface area contributed by atoms with Gasteiger partial charge in [-0.2, -0.15) is 0 Å². The number of aryl methyl sites for hydroxylation is 1. The highest BCUT2D eigenvalue weighted by Gasteiger charge is 2.32. The molecule has 2 heterocycles. The number of allylic oxidation sites excluding steroid dienone is 1. The molecule has 1 atom stereocenters. The number of halogens is 3. The third kappa shape index (κ3) is 4.77. The lowest BCUT2D eigenvalue weighted by atomic mass is 9.83. The molecule has 190 valence electrons. The summed E-state index contributed by atoms with van der Waals surface area (Å²) in [5, 5.41) is 0. The molecule has 0 spiro atoms. The fourth-order valence-corrected chi connectivity index (χ4v) is 8.45. The first kappa shape index (κ1) is 26.2. The monoisotopic (exact) mass is 806 g/mol. The van der Waals surface area contributed by atoms with E-state index >= 15 is 0 Å². The zero-order valence-corrected chi connectivity index (χ0v) is 26.8. The minimum Gasteiger partial charge on any atom is -0.487 e. The molecule has 4 aromatic rings. The van der Waals surface area contributed by atoms with Gasteiger partial charge in [-0.1, -0.05) is 76.3 Å². The maximum atomic E-state index is 14.0. The highest BCUT2D eigenvalue weighted by Crippen LogP contribution is 2.41. The molecule has 0 radical (unpaired) electrons. The average Bonchev–Trinajstić information content (AvgIpc) is 3.22. The van der Waals surface area contributed by atoms with Crippen LogP contribution in [0.1, 0.15) is 34.7 Å². The van der Waals surface area contributed by atoms with Gasteiger partial charge in [0.2, 0.25) is 0 Å². The van der Waals surface area contributed by atoms with E-state index in [0.717, 1.165) is 51.8 Å². The highest BCUT2D eigenvalue weighted by molar-refractivity contribution is 14.1. The normalized spacial score (nSPS) is 16.4. The van der Waals surface area contributed by atoms with Crippen LogP contribution in [0.4, 0.5) is 0 Å². The van der Waals surface area contributed by atoms with Crippen molar-refractivity contribution in [2.24, 2.45) is 4.99 Å². The molecule has 3 aromatic carbocycles. The van der Waals surface area contributed by atoms with Crippen LogP contribution < -0.4 is 19.6 Å². The zero-order chi connectivity index (χ0) is 26.4. The molecule has 0 saturated carbocycles. The molecule has 0 unspecified atom stereocenters. The van der Waals surface area contributed by atoms with Gasteiger partial charge in [0.05, 0.1) is 23.4 Å². The second-order valence-corrected chi connectivity index (χ2v) is 13.3. The van der Waals surface area contributed by atoms with Crippen LogP contribution in [0.25, 0.3) is 11.8 Å². The van der Waals surface area contributed by atoms with Crippen molar-refractivity contribution in [3.8, 4) is 5.75 Å². The lowest BCUT2D eigenvalue weighted by Gasteiger charge is -2.30. The summed E-state index contributed by atoms with van der Waals surface area (Å²) in [5.41, 5.74) is 6.75. The Hall–Kier alpha value is -2.02. The number of ether oxygens (including phenoxy) is 1. The molecule has 0 fully saturated rings. The zero-order valence-electron chi connectivity index (χ0n) is 20.1. The van der Waals surface area contributed by atoms with E-state index in [1.54, 1.807) is 6.08 Å². The number of hydrogen-bond acceptors (Lipinski definition) is 4. The first-order valence-electron chi connectivity index (χ1n) is 12.1. The second kappa shape index (κ2) is 10.9. The average molecular weight is 807 g/mol. The number of thiazole rings is 1. The number of benzene rings is 3. The van der Waals surface area contributed by atoms with Crippen molar-refractivity contribution in [1.29, 1.82) is 0 Å². The maximum absolute atomic E-state index is 14.0. The second-order valence-electron chi connectivity index (χ2n) is 9.08. The van der Waals surface area contributed by atoms with Crippen LogP contribution in [0.15, 0.2) is 93.2 Å². The molecule has 1 aliphatic carbocycles. The minimum atomic E-state index is -0.181. The van der Waals surface area contributed by atoms with Crippen LogP contribution in [0, 0.1) is 7.14 Å². The van der Waals surface area contributed by atoms with Gasteiger partial charge < -0.3 is 4.74 Å². The van der Waals surface area contributed by atoms with Gasteiger partial charge in [0.25, 0.3) is 5.56 Å². The molecule has 1 aliphatic heterocycles. The smallest absolute Gasteiger partial charge is 0.271 e. The molecule has 6 rings (SSSR count). The third-order valence-corrected chi connectivity index (χ3v) is 9.84. The van der Waals surface area contributed by atoms with Gasteiger partial charge in [-0.3, -0.25) is 9.36 Å². The Balaban J connectivity index is 1.55. The van der Waals surface area contributed by atoms with Crippen molar-refractivity contribution < 1.29 is 4.74 Å². The SMILES string of the molecule is C=CCOc1c(I)cc(/C=c2\sc3n(c2=O)[C@H](c2ccc(Br)cc2)C2=C(N=3)c3ccccc3CC2)cc1I. The van der Waals surface area contributed by atoms with Gasteiger partial charge >= 0.3 is 0 Å². The summed E-state index contributed by atoms with van der Waals surface area (Å²) in [4.78, 5) is 19.8. The van der Waals surface area contributed by atoms with E-state index in [1.165, 1.54) is 28.0 Å². The summed E-state index contributed by atoms with van der Waals surface area (Å²) >= 11 is 9.58. The Bertz CT molecular complexity index is 1780. The van der Waals surface area contributed by atoms with Crippen LogP contribution in [0.3, 0.4) is 0 Å². The number of rotatable bonds is 5. The van der Waals surface area contributed by atoms with Crippen LogP contribution in [0.5, 0.6) is 5.75 Å². The molecule has 0 N–H and O–H groups in total. The molecule has 2 aliphatic rings. The summed E-state index contributed by atoms with van der Waals surface area (Å²) in [6.45, 7) is 4.19. The Morgan fingerprint density at radius 1 is 1.11 bits per heavy atom. The Kier molecular flexibility index (Phi) is 7.49. The van der Waals surface area contributed by atoms with Crippen LogP contribution in [0.2, 0.25) is 0 Å². The predicted octanol–water partition coefficient (Wildman–Crippen LogP) is 6.86. The minimum absolute atomic E-state index is 0.0101. The quantitative estimate of drug-likeness (QED) is 0.164.